The van der Waals surface area contributed by atoms with Crippen LogP contribution >= 0.6 is 0 Å². The molecular weight excluding hydrogens is 438 g/mol. The highest BCUT2D eigenvalue weighted by molar-refractivity contribution is 5.70. The summed E-state index contributed by atoms with van der Waals surface area (Å²) in [5.41, 5.74) is 4.69. The number of aromatic nitrogens is 3. The second-order valence-corrected chi connectivity index (χ2v) is 10.9. The van der Waals surface area contributed by atoms with Crippen molar-refractivity contribution >= 4 is 17.3 Å². The second kappa shape index (κ2) is 7.63. The quantitative estimate of drug-likeness (QED) is 0.552. The number of nitriles is 1. The van der Waals surface area contributed by atoms with E-state index in [2.05, 4.69) is 10.1 Å². The number of aliphatic hydroxyl groups is 2. The Balaban J connectivity index is 1.16. The number of hydrogen-bond donors (Lipinski definition) is 3. The Morgan fingerprint density at radius 1 is 1.24 bits per heavy atom. The number of rotatable bonds is 5. The summed E-state index contributed by atoms with van der Waals surface area (Å²) < 4.78 is 12.8. The van der Waals surface area contributed by atoms with Gasteiger partial charge in [-0.25, -0.2) is 9.50 Å². The smallest absolute Gasteiger partial charge is 0.306 e. The molecule has 0 amide bonds. The Hall–Kier alpha value is -2.74. The summed E-state index contributed by atoms with van der Waals surface area (Å²) in [6, 6.07) is 5.17. The monoisotopic (exact) mass is 467 g/mol. The summed E-state index contributed by atoms with van der Waals surface area (Å²) >= 11 is 0. The van der Waals surface area contributed by atoms with E-state index in [0.29, 0.717) is 11.9 Å². The number of aliphatic hydroxyl groups excluding tert-OH is 2. The van der Waals surface area contributed by atoms with Crippen molar-refractivity contribution in [1.29, 1.82) is 5.26 Å². The highest BCUT2D eigenvalue weighted by atomic mass is 16.6. The molecule has 1 aliphatic heterocycles. The molecule has 10 nitrogen and oxygen atoms in total. The van der Waals surface area contributed by atoms with Gasteiger partial charge in [0.25, 0.3) is 0 Å². The van der Waals surface area contributed by atoms with Gasteiger partial charge in [-0.05, 0) is 73.8 Å². The lowest BCUT2D eigenvalue weighted by Gasteiger charge is -2.56. The first-order chi connectivity index (χ1) is 16.3. The van der Waals surface area contributed by atoms with Crippen LogP contribution < -0.4 is 5.73 Å². The normalized spacial score (nSPS) is 40.5. The molecule has 7 rings (SSSR count). The molecule has 4 atom stereocenters. The topological polar surface area (TPSA) is 156 Å². The summed E-state index contributed by atoms with van der Waals surface area (Å²) in [6.45, 7) is -0.243. The highest BCUT2D eigenvalue weighted by Gasteiger charge is 2.58. The molecule has 180 valence electrons. The molecule has 4 aliphatic carbocycles. The van der Waals surface area contributed by atoms with Gasteiger partial charge < -0.3 is 25.4 Å². The van der Waals surface area contributed by atoms with Crippen molar-refractivity contribution in [3.8, 4) is 6.07 Å². The van der Waals surface area contributed by atoms with E-state index in [-0.39, 0.29) is 29.5 Å². The summed E-state index contributed by atoms with van der Waals surface area (Å²) in [4.78, 5) is 16.7. The molecule has 4 saturated carbocycles. The molecule has 4 N–H and O–H groups in total. The molecular formula is C24H29N5O5. The zero-order valence-electron chi connectivity index (χ0n) is 18.8. The lowest BCUT2D eigenvalue weighted by atomic mass is 9.49. The molecule has 5 fully saturated rings. The molecule has 2 aromatic heterocycles. The molecule has 4 bridgehead atoms. The van der Waals surface area contributed by atoms with Gasteiger partial charge in [0.2, 0.25) is 5.60 Å². The number of nitrogens with zero attached hydrogens (tertiary/aromatic N) is 4. The molecule has 34 heavy (non-hydrogen) atoms. The maximum atomic E-state index is 12.8. The van der Waals surface area contributed by atoms with Crippen LogP contribution in [0.1, 0.15) is 50.6 Å². The first-order valence-corrected chi connectivity index (χ1v) is 12.0. The van der Waals surface area contributed by atoms with Gasteiger partial charge in [0.15, 0.2) is 5.82 Å². The maximum absolute atomic E-state index is 12.8. The van der Waals surface area contributed by atoms with Crippen LogP contribution in [-0.4, -0.2) is 55.7 Å². The van der Waals surface area contributed by atoms with E-state index in [0.717, 1.165) is 37.0 Å². The molecule has 2 aromatic rings. The molecule has 1 saturated heterocycles. The Bertz CT molecular complexity index is 1140. The third-order valence-electron chi connectivity index (χ3n) is 8.58. The molecule has 0 radical (unpaired) electrons. The van der Waals surface area contributed by atoms with Crippen LogP contribution in [0.4, 0.5) is 5.82 Å². The minimum atomic E-state index is -1.90. The van der Waals surface area contributed by atoms with Crippen molar-refractivity contribution in [2.24, 2.45) is 23.2 Å². The fourth-order valence-corrected chi connectivity index (χ4v) is 7.59. The van der Waals surface area contributed by atoms with Crippen molar-refractivity contribution < 1.29 is 24.5 Å². The number of esters is 1. The highest BCUT2D eigenvalue weighted by Crippen LogP contribution is 2.61. The Morgan fingerprint density at radius 2 is 1.91 bits per heavy atom. The lowest BCUT2D eigenvalue weighted by Crippen LogP contribution is -2.47. The van der Waals surface area contributed by atoms with Crippen LogP contribution in [-0.2, 0) is 19.9 Å². The average molecular weight is 468 g/mol. The number of carbonyl (C=O) groups excluding carboxylic acids is 1. The summed E-state index contributed by atoms with van der Waals surface area (Å²) in [5, 5.41) is 35.6. The number of ether oxygens (including phenoxy) is 2. The van der Waals surface area contributed by atoms with Crippen LogP contribution in [0.5, 0.6) is 0 Å². The Kier molecular flexibility index (Phi) is 4.89. The van der Waals surface area contributed by atoms with Crippen LogP contribution in [0.15, 0.2) is 18.5 Å². The average Bonchev–Trinajstić information content (AvgIpc) is 3.33. The molecule has 3 heterocycles. The van der Waals surface area contributed by atoms with Crippen LogP contribution in [0.2, 0.25) is 0 Å². The van der Waals surface area contributed by atoms with Crippen molar-refractivity contribution in [3.05, 3.63) is 24.2 Å². The van der Waals surface area contributed by atoms with Crippen LogP contribution in [0.25, 0.3) is 5.52 Å². The molecule has 0 unspecified atom stereocenters. The number of fused-ring (bicyclic) bond motifs is 1. The van der Waals surface area contributed by atoms with Gasteiger partial charge in [0.1, 0.15) is 42.8 Å². The maximum Gasteiger partial charge on any atom is 0.306 e. The zero-order valence-corrected chi connectivity index (χ0v) is 18.8. The third kappa shape index (κ3) is 3.21. The standard InChI is InChI=1S/C24H29N5O5/c25-11-24(18-2-1-16-22(26)27-12-28-29(16)18)21(32)20(31)17(34-24)10-33-19(30)9-23-6-13-3-14(7-23)5-15(4-13)8-23/h1-2,12-15,17,20-21,31-32H,3-10H2,(H2,26,27,28)/t13-,14?,15?,17-,20-,21-,23+,24+/m1/s1. The van der Waals surface area contributed by atoms with E-state index in [9.17, 15) is 20.3 Å². The van der Waals surface area contributed by atoms with Gasteiger partial charge in [0, 0.05) is 0 Å². The van der Waals surface area contributed by atoms with Gasteiger partial charge in [0.05, 0.1) is 12.1 Å². The third-order valence-corrected chi connectivity index (χ3v) is 8.58. The minimum absolute atomic E-state index is 0.0430. The zero-order chi connectivity index (χ0) is 23.7. The summed E-state index contributed by atoms with van der Waals surface area (Å²) in [6.07, 6.45) is 4.76. The minimum Gasteiger partial charge on any atom is -0.463 e. The predicted molar refractivity (Wildman–Crippen MR) is 118 cm³/mol. The van der Waals surface area contributed by atoms with E-state index in [1.54, 1.807) is 12.1 Å². The van der Waals surface area contributed by atoms with Crippen LogP contribution in [0.3, 0.4) is 0 Å². The molecule has 5 aliphatic rings. The van der Waals surface area contributed by atoms with Crippen molar-refractivity contribution in [2.75, 3.05) is 12.3 Å². The summed E-state index contributed by atoms with van der Waals surface area (Å²) in [5.74, 6) is 2.10. The largest absolute Gasteiger partial charge is 0.463 e. The van der Waals surface area contributed by atoms with Crippen molar-refractivity contribution in [1.82, 2.24) is 14.6 Å². The Morgan fingerprint density at radius 3 is 2.56 bits per heavy atom. The first kappa shape index (κ1) is 21.8. The van der Waals surface area contributed by atoms with Gasteiger partial charge in [-0.15, -0.1) is 0 Å². The van der Waals surface area contributed by atoms with E-state index in [4.69, 9.17) is 15.2 Å². The molecule has 10 heteroatoms. The van der Waals surface area contributed by atoms with Crippen LogP contribution in [0, 0.1) is 34.5 Å². The number of anilines is 1. The fourth-order valence-electron chi connectivity index (χ4n) is 7.59. The predicted octanol–water partition coefficient (Wildman–Crippen LogP) is 1.30. The van der Waals surface area contributed by atoms with Gasteiger partial charge in [-0.2, -0.15) is 10.4 Å². The fraction of sp³-hybridized carbons (Fsp3) is 0.667. The number of nitrogen functional groups attached to an aromatic ring is 1. The number of hydrogen-bond acceptors (Lipinski definition) is 9. The Labute approximate surface area is 196 Å². The molecule has 0 spiro atoms. The van der Waals surface area contributed by atoms with E-state index in [1.165, 1.54) is 30.1 Å². The first-order valence-electron chi connectivity index (χ1n) is 12.0. The van der Waals surface area contributed by atoms with E-state index in [1.807, 2.05) is 6.07 Å². The lowest BCUT2D eigenvalue weighted by molar-refractivity contribution is -0.158. The van der Waals surface area contributed by atoms with Crippen molar-refractivity contribution in [3.63, 3.8) is 0 Å². The van der Waals surface area contributed by atoms with Gasteiger partial charge in [-0.3, -0.25) is 4.79 Å². The van der Waals surface area contributed by atoms with E-state index < -0.39 is 23.9 Å². The molecule has 0 aromatic carbocycles. The SMILES string of the molecule is N#C[C@@]1(c2ccc3c(N)ncnn23)O[C@H](COC(=O)C[C@]23CC4CC(C[C@@H](C4)C2)C3)[C@@H](O)[C@H]1O. The van der Waals surface area contributed by atoms with Gasteiger partial charge in [-0.1, -0.05) is 0 Å². The van der Waals surface area contributed by atoms with Crippen molar-refractivity contribution in [2.45, 2.75) is 68.9 Å². The summed E-state index contributed by atoms with van der Waals surface area (Å²) in [7, 11) is 0. The number of carbonyl (C=O) groups is 1. The second-order valence-electron chi connectivity index (χ2n) is 10.9. The number of nitrogens with two attached hydrogens (primary N) is 1. The van der Waals surface area contributed by atoms with E-state index >= 15 is 0 Å². The van der Waals surface area contributed by atoms with Gasteiger partial charge >= 0.3 is 5.97 Å².